The molecular weight excluding hydrogens is 398 g/mol. The summed E-state index contributed by atoms with van der Waals surface area (Å²) in [5.41, 5.74) is 6.80. The highest BCUT2D eigenvalue weighted by Gasteiger charge is 2.48. The Bertz CT molecular complexity index is 907. The first-order valence-electron chi connectivity index (χ1n) is 8.36. The van der Waals surface area contributed by atoms with Crippen molar-refractivity contribution in [3.05, 3.63) is 46.1 Å². The first kappa shape index (κ1) is 17.1. The van der Waals surface area contributed by atoms with E-state index < -0.39 is 5.54 Å². The highest BCUT2D eigenvalue weighted by atomic mass is 79.9. The number of halogens is 1. The van der Waals surface area contributed by atoms with Gasteiger partial charge in [-0.3, -0.25) is 0 Å². The largest absolute Gasteiger partial charge is 0.491 e. The van der Waals surface area contributed by atoms with Gasteiger partial charge in [-0.15, -0.1) is 0 Å². The van der Waals surface area contributed by atoms with Crippen LogP contribution in [0, 0.1) is 5.41 Å². The molecule has 1 spiro atoms. The molecule has 136 valence electrons. The fourth-order valence-electron chi connectivity index (χ4n) is 3.06. The Kier molecular flexibility index (Phi) is 3.87. The van der Waals surface area contributed by atoms with Crippen LogP contribution in [-0.2, 0) is 10.3 Å². The number of nitrogens with two attached hydrogens (primary N) is 1. The summed E-state index contributed by atoms with van der Waals surface area (Å²) in [4.78, 5) is 9.09. The molecule has 0 aliphatic carbocycles. The zero-order valence-corrected chi connectivity index (χ0v) is 16.5. The second-order valence-electron chi connectivity index (χ2n) is 7.71. The van der Waals surface area contributed by atoms with E-state index in [9.17, 15) is 0 Å². The second kappa shape index (κ2) is 5.87. The van der Waals surface area contributed by atoms with Crippen molar-refractivity contribution >= 4 is 22.0 Å². The highest BCUT2D eigenvalue weighted by Crippen LogP contribution is 2.51. The molecule has 0 amide bonds. The van der Waals surface area contributed by atoms with Crippen LogP contribution in [0.25, 0.3) is 0 Å². The van der Waals surface area contributed by atoms with Crippen molar-refractivity contribution in [2.45, 2.75) is 26.3 Å². The van der Waals surface area contributed by atoms with Gasteiger partial charge in [0.2, 0.25) is 5.88 Å². The Hall–Kier alpha value is -2.28. The van der Waals surface area contributed by atoms with Crippen molar-refractivity contribution in [2.24, 2.45) is 16.1 Å². The van der Waals surface area contributed by atoms with Gasteiger partial charge in [-0.05, 0) is 29.7 Å². The van der Waals surface area contributed by atoms with E-state index in [4.69, 9.17) is 19.9 Å². The molecular formula is C19H20BrN3O3. The minimum Gasteiger partial charge on any atom is -0.491 e. The Labute approximate surface area is 160 Å². The average molecular weight is 418 g/mol. The second-order valence-corrected chi connectivity index (χ2v) is 8.63. The number of fused-ring (bicyclic) bond motifs is 4. The first-order chi connectivity index (χ1) is 12.3. The molecule has 1 aromatic heterocycles. The molecule has 1 atom stereocenters. The number of ether oxygens (including phenoxy) is 3. The molecule has 0 bridgehead atoms. The molecule has 0 saturated heterocycles. The van der Waals surface area contributed by atoms with Crippen molar-refractivity contribution < 1.29 is 14.2 Å². The summed E-state index contributed by atoms with van der Waals surface area (Å²) >= 11 is 3.52. The lowest BCUT2D eigenvalue weighted by Crippen LogP contribution is -2.31. The van der Waals surface area contributed by atoms with Crippen LogP contribution in [0.4, 0.5) is 0 Å². The smallest absolute Gasteiger partial charge is 0.283 e. The lowest BCUT2D eigenvalue weighted by molar-refractivity contribution is 0.196. The van der Waals surface area contributed by atoms with Gasteiger partial charge in [-0.25, -0.2) is 9.98 Å². The van der Waals surface area contributed by atoms with Gasteiger partial charge in [-0.2, -0.15) is 0 Å². The Balaban J connectivity index is 1.83. The van der Waals surface area contributed by atoms with E-state index in [1.807, 2.05) is 24.3 Å². The van der Waals surface area contributed by atoms with Crippen molar-refractivity contribution in [2.75, 3.05) is 13.2 Å². The number of rotatable bonds is 2. The fourth-order valence-corrected chi connectivity index (χ4v) is 3.42. The molecule has 4 rings (SSSR count). The third-order valence-corrected chi connectivity index (χ3v) is 4.76. The maximum absolute atomic E-state index is 6.00. The van der Waals surface area contributed by atoms with Gasteiger partial charge in [0.25, 0.3) is 6.02 Å². The van der Waals surface area contributed by atoms with E-state index in [-0.39, 0.29) is 11.4 Å². The third-order valence-electron chi connectivity index (χ3n) is 4.27. The van der Waals surface area contributed by atoms with Gasteiger partial charge in [0.1, 0.15) is 18.1 Å². The number of benzene rings is 1. The van der Waals surface area contributed by atoms with Crippen LogP contribution < -0.4 is 15.2 Å². The van der Waals surface area contributed by atoms with Crippen LogP contribution in [-0.4, -0.2) is 24.2 Å². The molecule has 2 aliphatic heterocycles. The van der Waals surface area contributed by atoms with Crippen LogP contribution >= 0.6 is 15.9 Å². The minimum atomic E-state index is -0.787. The van der Waals surface area contributed by atoms with E-state index >= 15 is 0 Å². The van der Waals surface area contributed by atoms with E-state index in [0.717, 1.165) is 15.6 Å². The van der Waals surface area contributed by atoms with Crippen molar-refractivity contribution in [3.8, 4) is 17.4 Å². The van der Waals surface area contributed by atoms with Gasteiger partial charge >= 0.3 is 0 Å². The lowest BCUT2D eigenvalue weighted by atomic mass is 9.82. The molecule has 26 heavy (non-hydrogen) atoms. The summed E-state index contributed by atoms with van der Waals surface area (Å²) < 4.78 is 18.4. The maximum Gasteiger partial charge on any atom is 0.283 e. The topological polar surface area (TPSA) is 79.0 Å². The number of hydrogen-bond donors (Lipinski definition) is 1. The fraction of sp³-hybridized carbons (Fsp3) is 0.368. The predicted molar refractivity (Wildman–Crippen MR) is 102 cm³/mol. The van der Waals surface area contributed by atoms with Crippen molar-refractivity contribution in [3.63, 3.8) is 0 Å². The molecule has 0 fully saturated rings. The summed E-state index contributed by atoms with van der Waals surface area (Å²) in [6, 6.07) is 7.86. The van der Waals surface area contributed by atoms with E-state index in [1.165, 1.54) is 0 Å². The molecule has 1 aromatic carbocycles. The number of pyridine rings is 1. The molecule has 2 aliphatic rings. The number of hydrogen-bond acceptors (Lipinski definition) is 6. The van der Waals surface area contributed by atoms with Crippen LogP contribution in [0.15, 0.2) is 39.9 Å². The van der Waals surface area contributed by atoms with E-state index in [1.54, 1.807) is 6.20 Å². The normalized spacial score (nSPS) is 20.7. The van der Waals surface area contributed by atoms with Crippen LogP contribution in [0.5, 0.6) is 17.4 Å². The Morgan fingerprint density at radius 2 is 2.08 bits per heavy atom. The van der Waals surface area contributed by atoms with Crippen LogP contribution in [0.1, 0.15) is 31.9 Å². The molecule has 2 aromatic rings. The summed E-state index contributed by atoms with van der Waals surface area (Å²) in [6.07, 6.45) is 1.67. The molecule has 7 heteroatoms. The van der Waals surface area contributed by atoms with E-state index in [2.05, 4.69) is 46.7 Å². The monoisotopic (exact) mass is 417 g/mol. The zero-order valence-electron chi connectivity index (χ0n) is 14.9. The number of nitrogens with zero attached hydrogens (tertiary/aromatic N) is 2. The van der Waals surface area contributed by atoms with Crippen LogP contribution in [0.2, 0.25) is 0 Å². The van der Waals surface area contributed by atoms with Gasteiger partial charge < -0.3 is 19.9 Å². The van der Waals surface area contributed by atoms with Gasteiger partial charge in [-0.1, -0.05) is 36.7 Å². The van der Waals surface area contributed by atoms with Gasteiger partial charge in [0, 0.05) is 10.0 Å². The van der Waals surface area contributed by atoms with Crippen molar-refractivity contribution in [1.29, 1.82) is 0 Å². The highest BCUT2D eigenvalue weighted by molar-refractivity contribution is 9.10. The molecule has 3 heterocycles. The maximum atomic E-state index is 6.00. The SMILES string of the molecule is CC(C)(C)COc1cnc2c(c1)C1(COC(N)=N1)c1cc(Br)ccc1O2. The number of amidine groups is 1. The zero-order chi connectivity index (χ0) is 18.5. The summed E-state index contributed by atoms with van der Waals surface area (Å²) in [7, 11) is 0. The van der Waals surface area contributed by atoms with Gasteiger partial charge in [0.15, 0.2) is 5.54 Å². The van der Waals surface area contributed by atoms with Gasteiger partial charge in [0.05, 0.1) is 18.4 Å². The average Bonchev–Trinajstić information content (AvgIpc) is 2.96. The molecule has 0 saturated carbocycles. The predicted octanol–water partition coefficient (Wildman–Crippen LogP) is 3.96. The molecule has 0 radical (unpaired) electrons. The molecule has 6 nitrogen and oxygen atoms in total. The third kappa shape index (κ3) is 2.90. The summed E-state index contributed by atoms with van der Waals surface area (Å²) in [5.74, 6) is 1.85. The Morgan fingerprint density at radius 3 is 2.77 bits per heavy atom. The van der Waals surface area contributed by atoms with E-state index in [0.29, 0.717) is 30.6 Å². The number of aromatic nitrogens is 1. The first-order valence-corrected chi connectivity index (χ1v) is 9.15. The Morgan fingerprint density at radius 1 is 1.27 bits per heavy atom. The quantitative estimate of drug-likeness (QED) is 0.799. The summed E-state index contributed by atoms with van der Waals surface area (Å²) in [5, 5.41) is 0. The minimum absolute atomic E-state index is 0.0423. The molecule has 2 N–H and O–H groups in total. The number of aliphatic imine (C=N–C) groups is 1. The lowest BCUT2D eigenvalue weighted by Gasteiger charge is -2.33. The van der Waals surface area contributed by atoms with Crippen molar-refractivity contribution in [1.82, 2.24) is 4.98 Å². The van der Waals surface area contributed by atoms with Crippen LogP contribution in [0.3, 0.4) is 0 Å². The molecule has 1 unspecified atom stereocenters. The summed E-state index contributed by atoms with van der Waals surface area (Å²) in [6.45, 7) is 7.22. The standard InChI is InChI=1S/C19H20BrN3O3/c1-18(2,3)9-24-12-7-14-16(22-8-12)26-15-5-4-11(20)6-13(15)19(14)10-25-17(21)23-19/h4-8H,9-10H2,1-3H3,(H2,21,23).